The van der Waals surface area contributed by atoms with Crippen molar-refractivity contribution >= 4 is 17.9 Å². The van der Waals surface area contributed by atoms with E-state index in [1.165, 1.54) is 0 Å². The summed E-state index contributed by atoms with van der Waals surface area (Å²) < 4.78 is 17.3. The minimum absolute atomic E-state index is 0.0956. The molecule has 1 aliphatic heterocycles. The Labute approximate surface area is 188 Å². The van der Waals surface area contributed by atoms with Crippen molar-refractivity contribution in [2.24, 2.45) is 23.2 Å². The molecule has 8 atom stereocenters. The van der Waals surface area contributed by atoms with E-state index in [0.29, 0.717) is 5.57 Å². The van der Waals surface area contributed by atoms with Crippen molar-refractivity contribution < 1.29 is 38.8 Å². The molecule has 178 valence electrons. The number of ether oxygens (including phenoxy) is 3. The number of rotatable bonds is 4. The number of hydrogen-bond acceptors (Lipinski definition) is 8. The maximum Gasteiger partial charge on any atom is 0.334 e. The van der Waals surface area contributed by atoms with Crippen molar-refractivity contribution in [3.05, 3.63) is 23.8 Å². The molecule has 32 heavy (non-hydrogen) atoms. The highest BCUT2D eigenvalue weighted by molar-refractivity contribution is 5.92. The van der Waals surface area contributed by atoms with Crippen molar-refractivity contribution in [1.82, 2.24) is 0 Å². The van der Waals surface area contributed by atoms with Gasteiger partial charge >= 0.3 is 17.9 Å². The Morgan fingerprint density at radius 2 is 1.91 bits per heavy atom. The average molecular weight is 451 g/mol. The van der Waals surface area contributed by atoms with E-state index in [9.17, 15) is 24.6 Å². The van der Waals surface area contributed by atoms with Crippen LogP contribution >= 0.6 is 0 Å². The molecule has 0 spiro atoms. The Balaban J connectivity index is 2.19. The van der Waals surface area contributed by atoms with Crippen LogP contribution in [0.1, 0.15) is 54.4 Å². The minimum Gasteiger partial charge on any atom is -0.461 e. The molecule has 0 bridgehead atoms. The molecule has 2 N–H and O–H groups in total. The van der Waals surface area contributed by atoms with Crippen LogP contribution in [0.2, 0.25) is 0 Å². The molecule has 3 rings (SSSR count). The van der Waals surface area contributed by atoms with E-state index in [1.54, 1.807) is 47.6 Å². The van der Waals surface area contributed by atoms with Gasteiger partial charge in [-0.25, -0.2) is 9.59 Å². The van der Waals surface area contributed by atoms with Crippen molar-refractivity contribution in [3.8, 4) is 0 Å². The molecule has 1 saturated heterocycles. The summed E-state index contributed by atoms with van der Waals surface area (Å²) in [6.07, 6.45) is -1.96. The Hall–Kier alpha value is -2.19. The van der Waals surface area contributed by atoms with Gasteiger partial charge in [0, 0.05) is 22.5 Å². The molecule has 1 unspecified atom stereocenters. The summed E-state index contributed by atoms with van der Waals surface area (Å²) in [7, 11) is 0. The minimum atomic E-state index is -1.37. The second-order valence-electron chi connectivity index (χ2n) is 10.0. The average Bonchev–Trinajstić information content (AvgIpc) is 3.01. The molecule has 0 amide bonds. The van der Waals surface area contributed by atoms with Gasteiger partial charge in [-0.05, 0) is 33.6 Å². The quantitative estimate of drug-likeness (QED) is 0.380. The lowest BCUT2D eigenvalue weighted by molar-refractivity contribution is -0.277. The predicted octanol–water partition coefficient (Wildman–Crippen LogP) is 2.07. The molecular formula is C24H34O8. The molecule has 0 radical (unpaired) electrons. The van der Waals surface area contributed by atoms with Crippen LogP contribution in [0.4, 0.5) is 0 Å². The van der Waals surface area contributed by atoms with Crippen LogP contribution in [0, 0.1) is 23.2 Å². The summed E-state index contributed by atoms with van der Waals surface area (Å²) in [5.74, 6) is -3.89. The normalized spacial score (nSPS) is 41.6. The molecule has 0 aromatic rings. The first-order chi connectivity index (χ1) is 14.8. The van der Waals surface area contributed by atoms with E-state index in [-0.39, 0.29) is 18.4 Å². The first kappa shape index (κ1) is 24.5. The van der Waals surface area contributed by atoms with Crippen molar-refractivity contribution in [2.75, 3.05) is 0 Å². The van der Waals surface area contributed by atoms with E-state index in [1.807, 2.05) is 0 Å². The molecule has 2 aliphatic carbocycles. The van der Waals surface area contributed by atoms with Crippen LogP contribution in [0.25, 0.3) is 0 Å². The Morgan fingerprint density at radius 3 is 2.47 bits per heavy atom. The van der Waals surface area contributed by atoms with Gasteiger partial charge in [-0.3, -0.25) is 4.79 Å². The van der Waals surface area contributed by atoms with Gasteiger partial charge in [-0.15, -0.1) is 0 Å². The van der Waals surface area contributed by atoms with Gasteiger partial charge in [0.05, 0.1) is 23.5 Å². The van der Waals surface area contributed by atoms with Crippen molar-refractivity contribution in [1.29, 1.82) is 0 Å². The van der Waals surface area contributed by atoms with Crippen molar-refractivity contribution in [3.63, 3.8) is 0 Å². The Morgan fingerprint density at radius 1 is 1.28 bits per heavy atom. The van der Waals surface area contributed by atoms with E-state index in [2.05, 4.69) is 6.58 Å². The van der Waals surface area contributed by atoms with E-state index >= 15 is 0 Å². The first-order valence-electron chi connectivity index (χ1n) is 11.1. The zero-order valence-electron chi connectivity index (χ0n) is 19.6. The van der Waals surface area contributed by atoms with Gasteiger partial charge in [0.25, 0.3) is 0 Å². The third-order valence-electron chi connectivity index (χ3n) is 7.55. The molecule has 0 aromatic heterocycles. The second kappa shape index (κ2) is 8.30. The topological polar surface area (TPSA) is 119 Å². The molecule has 8 heteroatoms. The zero-order valence-corrected chi connectivity index (χ0v) is 19.6. The van der Waals surface area contributed by atoms with Gasteiger partial charge in [-0.2, -0.15) is 0 Å². The fraction of sp³-hybridized carbons (Fsp3) is 0.708. The number of aliphatic hydroxyl groups excluding tert-OH is 1. The van der Waals surface area contributed by atoms with Gasteiger partial charge in [-0.1, -0.05) is 33.4 Å². The number of allylic oxidation sites excluding steroid dienone is 1. The van der Waals surface area contributed by atoms with Crippen LogP contribution in [0.3, 0.4) is 0 Å². The summed E-state index contributed by atoms with van der Waals surface area (Å²) >= 11 is 0. The summed E-state index contributed by atoms with van der Waals surface area (Å²) in [5, 5.41) is 22.6. The third-order valence-corrected chi connectivity index (χ3v) is 7.55. The van der Waals surface area contributed by atoms with Gasteiger partial charge in [0.2, 0.25) is 0 Å². The van der Waals surface area contributed by atoms with Crippen LogP contribution in [0.5, 0.6) is 0 Å². The fourth-order valence-electron chi connectivity index (χ4n) is 5.58. The highest BCUT2D eigenvalue weighted by atomic mass is 16.6. The number of carbonyl (C=O) groups excluding carboxylic acids is 3. The SMILES string of the molecule is C=C1C(=O)O[C@@H]2[C@H]1[C@@H](OC(=O)C(C)C)C1[C@](C)([C@H](O)CC[C@@]1(C)O)[C@@H]2OC(=O)C(C)=CC. The molecular weight excluding hydrogens is 416 g/mol. The number of carbonyl (C=O) groups is 3. The predicted molar refractivity (Wildman–Crippen MR) is 114 cm³/mol. The lowest BCUT2D eigenvalue weighted by atomic mass is 9.49. The number of aliphatic hydroxyl groups is 2. The molecule has 0 aromatic carbocycles. The summed E-state index contributed by atoms with van der Waals surface area (Å²) in [4.78, 5) is 37.9. The van der Waals surface area contributed by atoms with E-state index in [0.717, 1.165) is 0 Å². The van der Waals surface area contributed by atoms with E-state index < -0.39 is 71.1 Å². The van der Waals surface area contributed by atoms with Crippen LogP contribution in [-0.4, -0.2) is 58.1 Å². The van der Waals surface area contributed by atoms with Crippen LogP contribution in [-0.2, 0) is 28.6 Å². The molecule has 1 heterocycles. The molecule has 2 saturated carbocycles. The highest BCUT2D eigenvalue weighted by Crippen LogP contribution is 2.60. The lowest BCUT2D eigenvalue weighted by Crippen LogP contribution is -2.72. The summed E-state index contributed by atoms with van der Waals surface area (Å²) in [6.45, 7) is 13.8. The van der Waals surface area contributed by atoms with Gasteiger partial charge in [0.1, 0.15) is 12.2 Å². The molecule has 3 aliphatic rings. The monoisotopic (exact) mass is 450 g/mol. The van der Waals surface area contributed by atoms with Crippen LogP contribution < -0.4 is 0 Å². The third kappa shape index (κ3) is 3.67. The Bertz CT molecular complexity index is 856. The van der Waals surface area contributed by atoms with E-state index in [4.69, 9.17) is 14.2 Å². The van der Waals surface area contributed by atoms with Crippen molar-refractivity contribution in [2.45, 2.75) is 84.4 Å². The summed E-state index contributed by atoms with van der Waals surface area (Å²) in [6, 6.07) is 0. The summed E-state index contributed by atoms with van der Waals surface area (Å²) in [5.41, 5.74) is -2.17. The largest absolute Gasteiger partial charge is 0.461 e. The smallest absolute Gasteiger partial charge is 0.334 e. The Kier molecular flexibility index (Phi) is 6.34. The maximum atomic E-state index is 12.7. The highest BCUT2D eigenvalue weighted by Gasteiger charge is 2.71. The van der Waals surface area contributed by atoms with Gasteiger partial charge < -0.3 is 24.4 Å². The maximum absolute atomic E-state index is 12.7. The molecule has 3 fully saturated rings. The lowest BCUT2D eigenvalue weighted by Gasteiger charge is -2.61. The van der Waals surface area contributed by atoms with Gasteiger partial charge in [0.15, 0.2) is 6.10 Å². The van der Waals surface area contributed by atoms with Crippen LogP contribution in [0.15, 0.2) is 23.8 Å². The first-order valence-corrected chi connectivity index (χ1v) is 11.1. The number of fused-ring (bicyclic) bond motifs is 2. The number of hydrogen-bond donors (Lipinski definition) is 2. The zero-order chi connectivity index (χ0) is 24.2. The standard InChI is InChI=1S/C24H34O8/c1-8-12(4)21(27)32-19-17-15(13(5)22(28)31-17)16(30-20(26)11(2)3)18-23(6,29)10-9-14(25)24(18,19)7/h8,11,14-19,25,29H,5,9-10H2,1-4,6-7H3/t14-,15-,16-,17-,18?,19-,23-,24+/m1/s1. The molecule has 8 nitrogen and oxygen atoms in total. The second-order valence-corrected chi connectivity index (χ2v) is 10.0. The number of esters is 3. The fourth-order valence-corrected chi connectivity index (χ4v) is 5.58.